The number of rotatable bonds is 3. The zero-order chi connectivity index (χ0) is 9.19. The minimum atomic E-state index is 0.127. The van der Waals surface area contributed by atoms with Gasteiger partial charge in [0.2, 0.25) is 0 Å². The zero-order valence-corrected chi connectivity index (χ0v) is 8.23. The van der Waals surface area contributed by atoms with Gasteiger partial charge in [-0.25, -0.2) is 0 Å². The Morgan fingerprint density at radius 2 is 2.25 bits per heavy atom. The molecule has 0 aliphatic carbocycles. The molecule has 0 bridgehead atoms. The molecular formula is C9H17N3. The van der Waals surface area contributed by atoms with Gasteiger partial charge in [-0.2, -0.15) is 5.10 Å². The van der Waals surface area contributed by atoms with E-state index < -0.39 is 0 Å². The molecule has 1 rings (SSSR count). The summed E-state index contributed by atoms with van der Waals surface area (Å²) in [5, 5.41) is 10.4. The molecule has 0 aliphatic rings. The SMILES string of the molecule is CNC(C)(C)Cc1cc(C)[nH]n1. The van der Waals surface area contributed by atoms with Crippen LogP contribution in [0.2, 0.25) is 0 Å². The minimum Gasteiger partial charge on any atom is -0.314 e. The summed E-state index contributed by atoms with van der Waals surface area (Å²) in [4.78, 5) is 0. The molecule has 0 fully saturated rings. The van der Waals surface area contributed by atoms with Crippen molar-refractivity contribution in [3.05, 3.63) is 17.5 Å². The van der Waals surface area contributed by atoms with Gasteiger partial charge < -0.3 is 5.32 Å². The Balaban J connectivity index is 2.63. The van der Waals surface area contributed by atoms with Crippen molar-refractivity contribution in [3.8, 4) is 0 Å². The predicted octanol–water partition coefficient (Wildman–Crippen LogP) is 1.26. The van der Waals surface area contributed by atoms with Gasteiger partial charge in [0, 0.05) is 17.7 Å². The highest BCUT2D eigenvalue weighted by molar-refractivity contribution is 5.09. The summed E-state index contributed by atoms with van der Waals surface area (Å²) in [6, 6.07) is 2.08. The zero-order valence-electron chi connectivity index (χ0n) is 8.23. The van der Waals surface area contributed by atoms with E-state index in [4.69, 9.17) is 0 Å². The van der Waals surface area contributed by atoms with Crippen LogP contribution in [0.5, 0.6) is 0 Å². The van der Waals surface area contributed by atoms with Crippen molar-refractivity contribution in [1.29, 1.82) is 0 Å². The lowest BCUT2D eigenvalue weighted by Crippen LogP contribution is -2.38. The molecule has 0 radical (unpaired) electrons. The van der Waals surface area contributed by atoms with E-state index in [-0.39, 0.29) is 5.54 Å². The second kappa shape index (κ2) is 3.27. The van der Waals surface area contributed by atoms with Crippen LogP contribution in [0.1, 0.15) is 25.2 Å². The van der Waals surface area contributed by atoms with Crippen molar-refractivity contribution < 1.29 is 0 Å². The Bertz CT molecular complexity index is 250. The molecule has 68 valence electrons. The minimum absolute atomic E-state index is 0.127. The van der Waals surface area contributed by atoms with Crippen LogP contribution in [0.25, 0.3) is 0 Å². The Morgan fingerprint density at radius 1 is 1.58 bits per heavy atom. The van der Waals surface area contributed by atoms with Gasteiger partial charge >= 0.3 is 0 Å². The lowest BCUT2D eigenvalue weighted by Gasteiger charge is -2.22. The van der Waals surface area contributed by atoms with Crippen LogP contribution < -0.4 is 5.32 Å². The van der Waals surface area contributed by atoms with Crippen molar-refractivity contribution in [1.82, 2.24) is 15.5 Å². The monoisotopic (exact) mass is 167 g/mol. The fraction of sp³-hybridized carbons (Fsp3) is 0.667. The Kier molecular flexibility index (Phi) is 2.52. The maximum absolute atomic E-state index is 4.18. The molecule has 3 nitrogen and oxygen atoms in total. The first-order chi connectivity index (χ1) is 5.53. The smallest absolute Gasteiger partial charge is 0.0643 e. The summed E-state index contributed by atoms with van der Waals surface area (Å²) >= 11 is 0. The molecule has 2 N–H and O–H groups in total. The molecule has 0 saturated carbocycles. The van der Waals surface area contributed by atoms with Crippen molar-refractivity contribution in [2.45, 2.75) is 32.7 Å². The van der Waals surface area contributed by atoms with E-state index in [0.717, 1.165) is 17.8 Å². The molecule has 0 aliphatic heterocycles. The number of aryl methyl sites for hydroxylation is 1. The molecule has 0 unspecified atom stereocenters. The summed E-state index contributed by atoms with van der Waals surface area (Å²) in [5.41, 5.74) is 2.37. The first-order valence-electron chi connectivity index (χ1n) is 4.23. The highest BCUT2D eigenvalue weighted by Gasteiger charge is 2.16. The molecule has 0 spiro atoms. The average molecular weight is 167 g/mol. The van der Waals surface area contributed by atoms with Crippen LogP contribution in [0.3, 0.4) is 0 Å². The van der Waals surface area contributed by atoms with Crippen LogP contribution in [0, 0.1) is 6.92 Å². The summed E-state index contributed by atoms with van der Waals surface area (Å²) in [6.45, 7) is 6.34. The van der Waals surface area contributed by atoms with E-state index >= 15 is 0 Å². The number of likely N-dealkylation sites (N-methyl/N-ethyl adjacent to an activating group) is 1. The normalized spacial score (nSPS) is 12.0. The molecule has 0 aromatic carbocycles. The molecular weight excluding hydrogens is 150 g/mol. The Labute approximate surface area is 73.6 Å². The van der Waals surface area contributed by atoms with Gasteiger partial charge in [-0.15, -0.1) is 0 Å². The predicted molar refractivity (Wildman–Crippen MR) is 50.2 cm³/mol. The van der Waals surface area contributed by atoms with Crippen LogP contribution in [-0.2, 0) is 6.42 Å². The molecule has 1 aromatic rings. The first kappa shape index (κ1) is 9.26. The molecule has 12 heavy (non-hydrogen) atoms. The average Bonchev–Trinajstić information content (AvgIpc) is 2.35. The summed E-state index contributed by atoms with van der Waals surface area (Å²) in [5.74, 6) is 0. The molecule has 0 atom stereocenters. The van der Waals surface area contributed by atoms with Crippen molar-refractivity contribution >= 4 is 0 Å². The molecule has 0 amide bonds. The third-order valence-electron chi connectivity index (χ3n) is 2.06. The van der Waals surface area contributed by atoms with Gasteiger partial charge in [-0.1, -0.05) is 0 Å². The van der Waals surface area contributed by atoms with Gasteiger partial charge in [0.05, 0.1) is 5.69 Å². The Hall–Kier alpha value is -0.830. The quantitative estimate of drug-likeness (QED) is 0.711. The van der Waals surface area contributed by atoms with Crippen LogP contribution in [-0.4, -0.2) is 22.8 Å². The summed E-state index contributed by atoms with van der Waals surface area (Å²) < 4.78 is 0. The molecule has 1 heterocycles. The highest BCUT2D eigenvalue weighted by atomic mass is 15.1. The largest absolute Gasteiger partial charge is 0.314 e. The van der Waals surface area contributed by atoms with Gasteiger partial charge in [0.1, 0.15) is 0 Å². The van der Waals surface area contributed by atoms with Gasteiger partial charge in [-0.05, 0) is 33.9 Å². The number of H-pyrrole nitrogens is 1. The van der Waals surface area contributed by atoms with E-state index in [1.165, 1.54) is 0 Å². The fourth-order valence-electron chi connectivity index (χ4n) is 1.11. The van der Waals surface area contributed by atoms with Gasteiger partial charge in [-0.3, -0.25) is 5.10 Å². The van der Waals surface area contributed by atoms with Crippen LogP contribution in [0.4, 0.5) is 0 Å². The van der Waals surface area contributed by atoms with E-state index in [1.807, 2.05) is 14.0 Å². The fourth-order valence-corrected chi connectivity index (χ4v) is 1.11. The third-order valence-corrected chi connectivity index (χ3v) is 2.06. The second-order valence-electron chi connectivity index (χ2n) is 3.85. The molecule has 1 aromatic heterocycles. The van der Waals surface area contributed by atoms with E-state index in [1.54, 1.807) is 0 Å². The number of nitrogens with zero attached hydrogens (tertiary/aromatic N) is 1. The van der Waals surface area contributed by atoms with Crippen molar-refractivity contribution in [2.75, 3.05) is 7.05 Å². The Morgan fingerprint density at radius 3 is 2.67 bits per heavy atom. The number of aromatic nitrogens is 2. The van der Waals surface area contributed by atoms with Crippen molar-refractivity contribution in [2.24, 2.45) is 0 Å². The lowest BCUT2D eigenvalue weighted by atomic mass is 9.99. The number of hydrogen-bond donors (Lipinski definition) is 2. The maximum atomic E-state index is 4.18. The molecule has 0 saturated heterocycles. The van der Waals surface area contributed by atoms with Gasteiger partial charge in [0.15, 0.2) is 0 Å². The first-order valence-corrected chi connectivity index (χ1v) is 4.23. The maximum Gasteiger partial charge on any atom is 0.0643 e. The highest BCUT2D eigenvalue weighted by Crippen LogP contribution is 2.10. The van der Waals surface area contributed by atoms with Crippen molar-refractivity contribution in [3.63, 3.8) is 0 Å². The van der Waals surface area contributed by atoms with E-state index in [9.17, 15) is 0 Å². The lowest BCUT2D eigenvalue weighted by molar-refractivity contribution is 0.417. The van der Waals surface area contributed by atoms with E-state index in [2.05, 4.69) is 35.4 Å². The number of aromatic amines is 1. The van der Waals surface area contributed by atoms with Gasteiger partial charge in [0.25, 0.3) is 0 Å². The van der Waals surface area contributed by atoms with E-state index in [0.29, 0.717) is 0 Å². The standard InChI is InChI=1S/C9H17N3/c1-7-5-8(12-11-7)6-9(2,3)10-4/h5,10H,6H2,1-4H3,(H,11,12). The molecule has 3 heteroatoms. The second-order valence-corrected chi connectivity index (χ2v) is 3.85. The topological polar surface area (TPSA) is 40.7 Å². The number of nitrogens with one attached hydrogen (secondary N) is 2. The summed E-state index contributed by atoms with van der Waals surface area (Å²) in [7, 11) is 1.97. The van der Waals surface area contributed by atoms with Crippen LogP contribution >= 0.6 is 0 Å². The van der Waals surface area contributed by atoms with Crippen LogP contribution in [0.15, 0.2) is 6.07 Å². The third kappa shape index (κ3) is 2.34. The number of hydrogen-bond acceptors (Lipinski definition) is 2. The summed E-state index contributed by atoms with van der Waals surface area (Å²) in [6.07, 6.45) is 0.952.